The lowest BCUT2D eigenvalue weighted by atomic mass is 10.2. The Kier molecular flexibility index (Phi) is 4.52. The minimum atomic E-state index is -0.368. The number of nitrogens with zero attached hydrogens (tertiary/aromatic N) is 2. The van der Waals surface area contributed by atoms with Gasteiger partial charge in [-0.25, -0.2) is 4.79 Å². The Labute approximate surface area is 184 Å². The molecule has 1 unspecified atom stereocenters. The second-order valence-electron chi connectivity index (χ2n) is 6.82. The van der Waals surface area contributed by atoms with Gasteiger partial charge in [-0.2, -0.15) is 0 Å². The second kappa shape index (κ2) is 7.07. The van der Waals surface area contributed by atoms with E-state index in [9.17, 15) is 4.79 Å². The van der Waals surface area contributed by atoms with Crippen LogP contribution in [0.5, 0.6) is 5.75 Å². The zero-order valence-electron chi connectivity index (χ0n) is 15.4. The number of carbonyl (C=O) groups excluding carboxylic acids is 1. The second-order valence-corrected chi connectivity index (χ2v) is 8.65. The Balaban J connectivity index is 1.76. The van der Waals surface area contributed by atoms with Crippen molar-refractivity contribution in [3.63, 3.8) is 0 Å². The molecule has 5 rings (SSSR count). The minimum Gasteiger partial charge on any atom is -0.497 e. The fourth-order valence-electron chi connectivity index (χ4n) is 3.96. The number of carbonyl (C=O) groups is 1. The molecule has 0 aliphatic carbocycles. The van der Waals surface area contributed by atoms with Gasteiger partial charge < -0.3 is 14.0 Å². The van der Waals surface area contributed by atoms with Crippen LogP contribution in [0, 0.1) is 0 Å². The monoisotopic (exact) mass is 514 g/mol. The van der Waals surface area contributed by atoms with Gasteiger partial charge in [-0.1, -0.05) is 37.9 Å². The molecule has 0 radical (unpaired) electrons. The third kappa shape index (κ3) is 3.00. The van der Waals surface area contributed by atoms with E-state index in [1.54, 1.807) is 12.0 Å². The average molecular weight is 516 g/mol. The van der Waals surface area contributed by atoms with Gasteiger partial charge in [-0.15, -0.1) is 0 Å². The lowest BCUT2D eigenvalue weighted by Gasteiger charge is -2.24. The van der Waals surface area contributed by atoms with Crippen molar-refractivity contribution in [1.82, 2.24) is 4.57 Å². The van der Waals surface area contributed by atoms with Crippen molar-refractivity contribution >= 4 is 65.4 Å². The number of fused-ring (bicyclic) bond motifs is 3. The van der Waals surface area contributed by atoms with Crippen LogP contribution in [0.25, 0.3) is 21.8 Å². The van der Waals surface area contributed by atoms with Crippen molar-refractivity contribution < 1.29 is 14.3 Å². The third-order valence-corrected chi connectivity index (χ3v) is 6.19. The van der Waals surface area contributed by atoms with E-state index in [2.05, 4.69) is 60.7 Å². The maximum absolute atomic E-state index is 12.7. The molecule has 4 aromatic rings. The molecule has 5 nitrogen and oxygen atoms in total. The van der Waals surface area contributed by atoms with Gasteiger partial charge in [0.15, 0.2) is 6.17 Å². The maximum atomic E-state index is 12.7. The molecule has 146 valence electrons. The van der Waals surface area contributed by atoms with E-state index in [1.807, 2.05) is 36.4 Å². The lowest BCUT2D eigenvalue weighted by molar-refractivity contribution is 0.176. The van der Waals surface area contributed by atoms with Crippen molar-refractivity contribution in [1.29, 1.82) is 0 Å². The summed E-state index contributed by atoms with van der Waals surface area (Å²) in [6, 6.07) is 19.8. The average Bonchev–Trinajstić information content (AvgIpc) is 3.25. The first kappa shape index (κ1) is 18.5. The fourth-order valence-corrected chi connectivity index (χ4v) is 4.68. The van der Waals surface area contributed by atoms with Gasteiger partial charge in [0, 0.05) is 25.8 Å². The summed E-state index contributed by atoms with van der Waals surface area (Å²) in [6.07, 6.45) is -0.676. The highest BCUT2D eigenvalue weighted by atomic mass is 79.9. The molecule has 1 aliphatic heterocycles. The van der Waals surface area contributed by atoms with E-state index in [-0.39, 0.29) is 18.9 Å². The molecule has 1 atom stereocenters. The van der Waals surface area contributed by atoms with Crippen LogP contribution in [0.2, 0.25) is 0 Å². The molecule has 7 heteroatoms. The Morgan fingerprint density at radius 1 is 0.966 bits per heavy atom. The maximum Gasteiger partial charge on any atom is 0.416 e. The normalized spacial score (nSPS) is 16.6. The molecule has 1 aromatic heterocycles. The Morgan fingerprint density at radius 3 is 2.24 bits per heavy atom. The van der Waals surface area contributed by atoms with Gasteiger partial charge in [0.1, 0.15) is 12.4 Å². The van der Waals surface area contributed by atoms with E-state index < -0.39 is 0 Å². The summed E-state index contributed by atoms with van der Waals surface area (Å²) in [5.41, 5.74) is 2.82. The highest BCUT2D eigenvalue weighted by Gasteiger charge is 2.37. The summed E-state index contributed by atoms with van der Waals surface area (Å²) in [4.78, 5) is 14.4. The number of halogens is 2. The molecular formula is C22H16Br2N2O3. The molecule has 0 spiro atoms. The number of methoxy groups -OCH3 is 1. The van der Waals surface area contributed by atoms with Crippen molar-refractivity contribution in [2.45, 2.75) is 6.17 Å². The SMILES string of the molecule is COc1cccc(N2C(=O)OCC2n2c3ccc(Br)cc3c3cc(Br)ccc32)c1. The van der Waals surface area contributed by atoms with Crippen LogP contribution in [0.1, 0.15) is 6.17 Å². The zero-order valence-corrected chi connectivity index (χ0v) is 18.6. The fraction of sp³-hybridized carbons (Fsp3) is 0.136. The van der Waals surface area contributed by atoms with Gasteiger partial charge in [0.2, 0.25) is 0 Å². The van der Waals surface area contributed by atoms with Crippen molar-refractivity contribution in [2.75, 3.05) is 18.6 Å². The number of hydrogen-bond donors (Lipinski definition) is 0. The number of anilines is 1. The molecule has 1 aliphatic rings. The lowest BCUT2D eigenvalue weighted by Crippen LogP contribution is -2.31. The number of rotatable bonds is 3. The standard InChI is InChI=1S/C22H16Br2N2O3/c1-28-16-4-2-3-15(11-16)25-21(12-29-22(25)27)26-19-7-5-13(23)9-17(19)18-10-14(24)6-8-20(18)26/h2-11,21H,12H2,1H3. The van der Waals surface area contributed by atoms with Crippen molar-refractivity contribution in [3.05, 3.63) is 69.6 Å². The smallest absolute Gasteiger partial charge is 0.416 e. The molecule has 0 saturated carbocycles. The number of amides is 1. The number of aromatic nitrogens is 1. The van der Waals surface area contributed by atoms with Crippen molar-refractivity contribution in [3.8, 4) is 5.75 Å². The van der Waals surface area contributed by atoms with E-state index in [4.69, 9.17) is 9.47 Å². The van der Waals surface area contributed by atoms with E-state index in [1.165, 1.54) is 0 Å². The highest BCUT2D eigenvalue weighted by Crippen LogP contribution is 2.39. The largest absolute Gasteiger partial charge is 0.497 e. The molecule has 0 N–H and O–H groups in total. The van der Waals surface area contributed by atoms with Crippen LogP contribution in [-0.4, -0.2) is 24.4 Å². The van der Waals surface area contributed by atoms with Gasteiger partial charge in [0.25, 0.3) is 0 Å². The molecule has 3 aromatic carbocycles. The van der Waals surface area contributed by atoms with Crippen LogP contribution >= 0.6 is 31.9 Å². The van der Waals surface area contributed by atoms with Crippen molar-refractivity contribution in [2.24, 2.45) is 0 Å². The van der Waals surface area contributed by atoms with Gasteiger partial charge in [-0.05, 0) is 48.5 Å². The Hall–Kier alpha value is -2.51. The van der Waals surface area contributed by atoms with Crippen LogP contribution in [-0.2, 0) is 4.74 Å². The summed E-state index contributed by atoms with van der Waals surface area (Å²) >= 11 is 7.16. The summed E-state index contributed by atoms with van der Waals surface area (Å²) in [5, 5.41) is 2.22. The zero-order chi connectivity index (χ0) is 20.1. The number of ether oxygens (including phenoxy) is 2. The highest BCUT2D eigenvalue weighted by molar-refractivity contribution is 9.10. The van der Waals surface area contributed by atoms with Crippen LogP contribution in [0.4, 0.5) is 10.5 Å². The molecule has 1 fully saturated rings. The van der Waals surface area contributed by atoms with Crippen LogP contribution in [0.15, 0.2) is 69.6 Å². The van der Waals surface area contributed by atoms with Gasteiger partial charge in [0.05, 0.1) is 23.8 Å². The minimum absolute atomic E-state index is 0.265. The Bertz CT molecular complexity index is 1210. The molecule has 1 amide bonds. The topological polar surface area (TPSA) is 43.7 Å². The predicted octanol–water partition coefficient (Wildman–Crippen LogP) is 6.48. The summed E-state index contributed by atoms with van der Waals surface area (Å²) < 4.78 is 15.0. The van der Waals surface area contributed by atoms with E-state index in [0.717, 1.165) is 36.4 Å². The van der Waals surface area contributed by atoms with E-state index >= 15 is 0 Å². The van der Waals surface area contributed by atoms with Gasteiger partial charge >= 0.3 is 6.09 Å². The first-order chi connectivity index (χ1) is 14.1. The molecule has 29 heavy (non-hydrogen) atoms. The molecule has 1 saturated heterocycles. The third-order valence-electron chi connectivity index (χ3n) is 5.21. The Morgan fingerprint density at radius 2 is 1.62 bits per heavy atom. The number of cyclic esters (lactones) is 1. The summed E-state index contributed by atoms with van der Waals surface area (Å²) in [6.45, 7) is 0.265. The van der Waals surface area contributed by atoms with E-state index in [0.29, 0.717) is 5.75 Å². The first-order valence-corrected chi connectivity index (χ1v) is 10.6. The molecule has 2 heterocycles. The molecular weight excluding hydrogens is 500 g/mol. The number of benzene rings is 3. The molecule has 0 bridgehead atoms. The quantitative estimate of drug-likeness (QED) is 0.313. The first-order valence-electron chi connectivity index (χ1n) is 9.05. The summed E-state index contributed by atoms with van der Waals surface area (Å²) in [5.74, 6) is 0.691. The number of hydrogen-bond acceptors (Lipinski definition) is 3. The summed E-state index contributed by atoms with van der Waals surface area (Å²) in [7, 11) is 1.61. The predicted molar refractivity (Wildman–Crippen MR) is 121 cm³/mol. The van der Waals surface area contributed by atoms with Gasteiger partial charge in [-0.3, -0.25) is 4.90 Å². The van der Waals surface area contributed by atoms with Crippen LogP contribution < -0.4 is 9.64 Å². The van der Waals surface area contributed by atoms with Crippen LogP contribution in [0.3, 0.4) is 0 Å².